The van der Waals surface area contributed by atoms with Crippen molar-refractivity contribution in [1.29, 1.82) is 0 Å². The van der Waals surface area contributed by atoms with Gasteiger partial charge < -0.3 is 15.5 Å². The minimum Gasteiger partial charge on any atom is -0.370 e. The number of piperidine rings is 1. The van der Waals surface area contributed by atoms with Crippen molar-refractivity contribution in [3.05, 3.63) is 28.2 Å². The third-order valence-corrected chi connectivity index (χ3v) is 4.61. The van der Waals surface area contributed by atoms with Gasteiger partial charge in [-0.25, -0.2) is 0 Å². The van der Waals surface area contributed by atoms with Crippen molar-refractivity contribution < 1.29 is 4.79 Å². The van der Waals surface area contributed by atoms with Crippen LogP contribution in [0.1, 0.15) is 25.3 Å². The Kier molecular flexibility index (Phi) is 6.06. The number of hydrogen-bond acceptors (Lipinski definition) is 3. The summed E-state index contributed by atoms with van der Waals surface area (Å²) in [5.74, 6) is 0.247. The highest BCUT2D eigenvalue weighted by molar-refractivity contribution is 9.10. The first-order valence-electron chi connectivity index (χ1n) is 7.61. The Morgan fingerprint density at radius 2 is 2.29 bits per heavy atom. The first kappa shape index (κ1) is 16.3. The number of carbonyl (C=O) groups is 1. The summed E-state index contributed by atoms with van der Waals surface area (Å²) >= 11 is 3.68. The standard InChI is InChI=1S/C16H24BrN3O/c1-3-19-10-12-6-7-15(14(17)9-12)20-8-4-5-13(11-20)16(21)18-2/h6-7,9,13,19H,3-5,8,10-11H2,1-2H3,(H,18,21). The summed E-state index contributed by atoms with van der Waals surface area (Å²) in [5, 5.41) is 6.10. The summed E-state index contributed by atoms with van der Waals surface area (Å²) in [6.45, 7) is 5.77. The molecule has 1 heterocycles. The molecule has 2 N–H and O–H groups in total. The third kappa shape index (κ3) is 4.20. The van der Waals surface area contributed by atoms with Crippen molar-refractivity contribution in [1.82, 2.24) is 10.6 Å². The molecule has 21 heavy (non-hydrogen) atoms. The number of nitrogens with one attached hydrogen (secondary N) is 2. The zero-order valence-corrected chi connectivity index (χ0v) is 14.4. The van der Waals surface area contributed by atoms with Gasteiger partial charge in [0.15, 0.2) is 0 Å². The summed E-state index contributed by atoms with van der Waals surface area (Å²) in [6.07, 6.45) is 2.04. The molecule has 0 aliphatic carbocycles. The highest BCUT2D eigenvalue weighted by Crippen LogP contribution is 2.31. The predicted molar refractivity (Wildman–Crippen MR) is 90.5 cm³/mol. The molecule has 0 saturated carbocycles. The average molecular weight is 354 g/mol. The highest BCUT2D eigenvalue weighted by Gasteiger charge is 2.26. The molecule has 0 bridgehead atoms. The van der Waals surface area contributed by atoms with Crippen LogP contribution in [-0.2, 0) is 11.3 Å². The number of benzene rings is 1. The molecule has 1 saturated heterocycles. The van der Waals surface area contributed by atoms with Crippen LogP contribution in [0.15, 0.2) is 22.7 Å². The first-order valence-corrected chi connectivity index (χ1v) is 8.40. The van der Waals surface area contributed by atoms with E-state index >= 15 is 0 Å². The maximum absolute atomic E-state index is 11.8. The second-order valence-corrected chi connectivity index (χ2v) is 6.32. The maximum atomic E-state index is 11.8. The highest BCUT2D eigenvalue weighted by atomic mass is 79.9. The molecule has 2 rings (SSSR count). The lowest BCUT2D eigenvalue weighted by atomic mass is 9.96. The third-order valence-electron chi connectivity index (χ3n) is 3.97. The van der Waals surface area contributed by atoms with Crippen LogP contribution < -0.4 is 15.5 Å². The fourth-order valence-corrected chi connectivity index (χ4v) is 3.48. The molecule has 0 aromatic heterocycles. The Bertz CT molecular complexity index is 492. The molecule has 1 aliphatic heterocycles. The van der Waals surface area contributed by atoms with Gasteiger partial charge in [-0.3, -0.25) is 4.79 Å². The van der Waals surface area contributed by atoms with Crippen LogP contribution in [0.5, 0.6) is 0 Å². The van der Waals surface area contributed by atoms with E-state index in [-0.39, 0.29) is 11.8 Å². The van der Waals surface area contributed by atoms with E-state index in [4.69, 9.17) is 0 Å². The average Bonchev–Trinajstić information content (AvgIpc) is 2.52. The normalized spacial score (nSPS) is 18.6. The smallest absolute Gasteiger partial charge is 0.224 e. The lowest BCUT2D eigenvalue weighted by Gasteiger charge is -2.34. The molecule has 0 spiro atoms. The molecule has 1 amide bonds. The van der Waals surface area contributed by atoms with Gasteiger partial charge in [0.25, 0.3) is 0 Å². The van der Waals surface area contributed by atoms with Crippen molar-refractivity contribution in [2.75, 3.05) is 31.6 Å². The topological polar surface area (TPSA) is 44.4 Å². The van der Waals surface area contributed by atoms with Gasteiger partial charge in [0, 0.05) is 31.2 Å². The van der Waals surface area contributed by atoms with Gasteiger partial charge in [0.1, 0.15) is 0 Å². The number of amides is 1. The van der Waals surface area contributed by atoms with Crippen LogP contribution in [0, 0.1) is 5.92 Å². The Morgan fingerprint density at radius 3 is 2.95 bits per heavy atom. The van der Waals surface area contributed by atoms with Gasteiger partial charge in [-0.15, -0.1) is 0 Å². The molecule has 1 aliphatic rings. The van der Waals surface area contributed by atoms with E-state index in [1.165, 1.54) is 11.3 Å². The van der Waals surface area contributed by atoms with Crippen molar-refractivity contribution in [3.8, 4) is 0 Å². The minimum absolute atomic E-state index is 0.0945. The maximum Gasteiger partial charge on any atom is 0.224 e. The lowest BCUT2D eigenvalue weighted by Crippen LogP contribution is -2.42. The van der Waals surface area contributed by atoms with Crippen molar-refractivity contribution in [2.24, 2.45) is 5.92 Å². The van der Waals surface area contributed by atoms with E-state index in [1.54, 1.807) is 7.05 Å². The molecule has 116 valence electrons. The molecule has 1 atom stereocenters. The van der Waals surface area contributed by atoms with Crippen LogP contribution in [0.3, 0.4) is 0 Å². The van der Waals surface area contributed by atoms with Crippen LogP contribution in [-0.4, -0.2) is 32.6 Å². The van der Waals surface area contributed by atoms with Gasteiger partial charge in [-0.05, 0) is 53.0 Å². The first-order chi connectivity index (χ1) is 10.2. The van der Waals surface area contributed by atoms with Crippen LogP contribution in [0.4, 0.5) is 5.69 Å². The summed E-state index contributed by atoms with van der Waals surface area (Å²) in [5.41, 5.74) is 2.45. The van der Waals surface area contributed by atoms with E-state index in [2.05, 4.69) is 56.6 Å². The van der Waals surface area contributed by atoms with Gasteiger partial charge >= 0.3 is 0 Å². The van der Waals surface area contributed by atoms with Crippen molar-refractivity contribution in [3.63, 3.8) is 0 Å². The molecule has 1 unspecified atom stereocenters. The number of nitrogens with zero attached hydrogens (tertiary/aromatic N) is 1. The largest absolute Gasteiger partial charge is 0.370 e. The second kappa shape index (κ2) is 7.80. The number of carbonyl (C=O) groups excluding carboxylic acids is 1. The molecule has 5 heteroatoms. The molecular weight excluding hydrogens is 330 g/mol. The predicted octanol–water partition coefficient (Wildman–Crippen LogP) is 2.52. The van der Waals surface area contributed by atoms with Crippen molar-refractivity contribution >= 4 is 27.5 Å². The number of hydrogen-bond donors (Lipinski definition) is 2. The van der Waals surface area contributed by atoms with Crippen LogP contribution in [0.2, 0.25) is 0 Å². The summed E-state index contributed by atoms with van der Waals surface area (Å²) in [4.78, 5) is 14.2. The van der Waals surface area contributed by atoms with Crippen LogP contribution in [0.25, 0.3) is 0 Å². The Balaban J connectivity index is 2.08. The molecule has 0 radical (unpaired) electrons. The van der Waals surface area contributed by atoms with Gasteiger partial charge in [0.05, 0.1) is 11.6 Å². The lowest BCUT2D eigenvalue weighted by molar-refractivity contribution is -0.124. The van der Waals surface area contributed by atoms with Crippen molar-refractivity contribution in [2.45, 2.75) is 26.3 Å². The fraction of sp³-hybridized carbons (Fsp3) is 0.562. The SMILES string of the molecule is CCNCc1ccc(N2CCCC(C(=O)NC)C2)c(Br)c1. The number of halogens is 1. The molecule has 1 fully saturated rings. The van der Waals surface area contributed by atoms with Crippen LogP contribution >= 0.6 is 15.9 Å². The monoisotopic (exact) mass is 353 g/mol. The van der Waals surface area contributed by atoms with E-state index < -0.39 is 0 Å². The summed E-state index contributed by atoms with van der Waals surface area (Å²) < 4.78 is 1.11. The fourth-order valence-electron chi connectivity index (χ4n) is 2.80. The number of anilines is 1. The number of rotatable bonds is 5. The summed E-state index contributed by atoms with van der Waals surface area (Å²) in [6, 6.07) is 6.48. The minimum atomic E-state index is 0.0945. The van der Waals surface area contributed by atoms with Gasteiger partial charge in [-0.1, -0.05) is 13.0 Å². The van der Waals surface area contributed by atoms with E-state index in [0.717, 1.165) is 43.5 Å². The van der Waals surface area contributed by atoms with E-state index in [1.807, 2.05) is 0 Å². The quantitative estimate of drug-likeness (QED) is 0.854. The zero-order valence-electron chi connectivity index (χ0n) is 12.8. The van der Waals surface area contributed by atoms with E-state index in [0.29, 0.717) is 0 Å². The molecular formula is C16H24BrN3O. The second-order valence-electron chi connectivity index (χ2n) is 5.47. The zero-order chi connectivity index (χ0) is 15.2. The Morgan fingerprint density at radius 1 is 1.48 bits per heavy atom. The summed E-state index contributed by atoms with van der Waals surface area (Å²) in [7, 11) is 1.72. The Hall–Kier alpha value is -1.07. The Labute approximate surface area is 135 Å². The molecule has 1 aromatic carbocycles. The van der Waals surface area contributed by atoms with E-state index in [9.17, 15) is 4.79 Å². The molecule has 4 nitrogen and oxygen atoms in total. The van der Waals surface area contributed by atoms with Gasteiger partial charge in [0.2, 0.25) is 5.91 Å². The molecule has 1 aromatic rings. The van der Waals surface area contributed by atoms with Gasteiger partial charge in [-0.2, -0.15) is 0 Å².